The molecule has 10 heteroatoms. The summed E-state index contributed by atoms with van der Waals surface area (Å²) in [6, 6.07) is 12.2. The van der Waals surface area contributed by atoms with Gasteiger partial charge in [0.1, 0.15) is 23.5 Å². The van der Waals surface area contributed by atoms with Crippen molar-refractivity contribution < 1.29 is 9.53 Å². The van der Waals surface area contributed by atoms with Gasteiger partial charge in [-0.25, -0.2) is 15.0 Å². The fourth-order valence-corrected chi connectivity index (χ4v) is 5.92. The molecule has 1 amide bonds. The lowest BCUT2D eigenvalue weighted by Crippen LogP contribution is -2.20. The second kappa shape index (κ2) is 9.96. The number of hydrogen-bond donors (Lipinski definition) is 3. The van der Waals surface area contributed by atoms with Gasteiger partial charge in [0, 0.05) is 42.8 Å². The Labute approximate surface area is 231 Å². The lowest BCUT2D eigenvalue weighted by molar-refractivity contribution is 0.0849. The number of rotatable bonds is 6. The van der Waals surface area contributed by atoms with Crippen LogP contribution >= 0.6 is 0 Å². The molecule has 4 aromatic heterocycles. The third-order valence-electron chi connectivity index (χ3n) is 7.75. The van der Waals surface area contributed by atoms with Crippen LogP contribution in [0, 0.1) is 0 Å². The zero-order valence-electron chi connectivity index (χ0n) is 22.5. The summed E-state index contributed by atoms with van der Waals surface area (Å²) in [4.78, 5) is 37.5. The van der Waals surface area contributed by atoms with Crippen LogP contribution < -0.4 is 10.6 Å². The highest BCUT2D eigenvalue weighted by molar-refractivity contribution is 6.13. The Hall–Kier alpha value is -4.41. The van der Waals surface area contributed by atoms with Crippen LogP contribution in [-0.2, 0) is 17.8 Å². The maximum atomic E-state index is 13.1. The molecule has 6 heterocycles. The Balaban J connectivity index is 1.29. The quantitative estimate of drug-likeness (QED) is 0.291. The van der Waals surface area contributed by atoms with E-state index in [1.807, 2.05) is 44.4 Å². The van der Waals surface area contributed by atoms with E-state index in [9.17, 15) is 4.79 Å². The zero-order chi connectivity index (χ0) is 27.2. The van der Waals surface area contributed by atoms with Crippen molar-refractivity contribution in [3.63, 3.8) is 0 Å². The van der Waals surface area contributed by atoms with Crippen LogP contribution in [0.4, 0.5) is 11.5 Å². The molecule has 5 aromatic rings. The lowest BCUT2D eigenvalue weighted by Gasteiger charge is -2.25. The number of para-hydroxylation sites is 1. The van der Waals surface area contributed by atoms with E-state index in [2.05, 4.69) is 36.6 Å². The van der Waals surface area contributed by atoms with Gasteiger partial charge in [-0.1, -0.05) is 24.3 Å². The molecule has 0 unspecified atom stereocenters. The molecule has 0 atom stereocenters. The van der Waals surface area contributed by atoms with Gasteiger partial charge in [-0.05, 0) is 50.6 Å². The lowest BCUT2D eigenvalue weighted by atomic mass is 9.90. The molecule has 2 aliphatic rings. The number of anilines is 2. The van der Waals surface area contributed by atoms with E-state index in [1.165, 1.54) is 11.9 Å². The number of nitrogens with one attached hydrogen (secondary N) is 3. The third-order valence-corrected chi connectivity index (χ3v) is 7.75. The largest absolute Gasteiger partial charge is 0.381 e. The third kappa shape index (κ3) is 4.25. The normalized spacial score (nSPS) is 15.6. The summed E-state index contributed by atoms with van der Waals surface area (Å²) in [5.41, 5.74) is 7.41. The number of nitrogens with zero attached hydrogens (tertiary/aromatic N) is 5. The first kappa shape index (κ1) is 24.6. The highest BCUT2D eigenvalue weighted by atomic mass is 16.5. The maximum absolute atomic E-state index is 13.1. The standard InChI is InChI=1S/C30H30N8O2/c1-38(2)15-23-18(17-9-11-40-12-10-17)7-8-24(36-23)35-22-14-31-27(20-13-32-30(39)25(20)22)28-26-19-5-3-4-6-21(19)37-29(26)34-16-33-28/h3-8,14,16-17H,9-13,15H2,1-2H3,(H,32,39)(H,35,36)(H,33,34,37). The van der Waals surface area contributed by atoms with Crippen LogP contribution in [0.25, 0.3) is 33.3 Å². The number of H-pyrrole nitrogens is 1. The van der Waals surface area contributed by atoms with Crippen LogP contribution in [0.2, 0.25) is 0 Å². The minimum atomic E-state index is -0.141. The molecule has 0 saturated carbocycles. The van der Waals surface area contributed by atoms with Crippen LogP contribution in [0.1, 0.15) is 45.9 Å². The van der Waals surface area contributed by atoms with E-state index in [0.717, 1.165) is 65.8 Å². The van der Waals surface area contributed by atoms with Gasteiger partial charge in [0.2, 0.25) is 0 Å². The van der Waals surface area contributed by atoms with E-state index in [4.69, 9.17) is 14.7 Å². The fourth-order valence-electron chi connectivity index (χ4n) is 5.92. The number of aromatic nitrogens is 5. The molecule has 0 spiro atoms. The molecule has 0 bridgehead atoms. The molecule has 10 nitrogen and oxygen atoms in total. The van der Waals surface area contributed by atoms with Crippen LogP contribution in [-0.4, -0.2) is 63.0 Å². The topological polar surface area (TPSA) is 121 Å². The summed E-state index contributed by atoms with van der Waals surface area (Å²) in [6.07, 6.45) is 5.25. The molecule has 1 saturated heterocycles. The Morgan fingerprint density at radius 3 is 2.75 bits per heavy atom. The average molecular weight is 535 g/mol. The molecule has 1 aromatic carbocycles. The van der Waals surface area contributed by atoms with E-state index < -0.39 is 0 Å². The van der Waals surface area contributed by atoms with Crippen molar-refractivity contribution in [2.75, 3.05) is 32.6 Å². The molecule has 0 radical (unpaired) electrons. The molecule has 40 heavy (non-hydrogen) atoms. The number of aromatic amines is 1. The number of carbonyl (C=O) groups is 1. The van der Waals surface area contributed by atoms with Crippen LogP contribution in [0.3, 0.4) is 0 Å². The average Bonchev–Trinajstić information content (AvgIpc) is 3.55. The van der Waals surface area contributed by atoms with Crippen LogP contribution in [0.5, 0.6) is 0 Å². The van der Waals surface area contributed by atoms with E-state index in [0.29, 0.717) is 40.9 Å². The van der Waals surface area contributed by atoms with Crippen molar-refractivity contribution in [1.29, 1.82) is 0 Å². The first-order chi connectivity index (χ1) is 19.6. The number of carbonyl (C=O) groups excluding carboxylic acids is 1. The fraction of sp³-hybridized carbons (Fsp3) is 0.300. The molecule has 0 aliphatic carbocycles. The molecule has 202 valence electrons. The van der Waals surface area contributed by atoms with Gasteiger partial charge >= 0.3 is 0 Å². The van der Waals surface area contributed by atoms with Crippen molar-refractivity contribution in [2.24, 2.45) is 0 Å². The minimum Gasteiger partial charge on any atom is -0.381 e. The Bertz CT molecular complexity index is 1760. The minimum absolute atomic E-state index is 0.141. The first-order valence-electron chi connectivity index (χ1n) is 13.6. The summed E-state index contributed by atoms with van der Waals surface area (Å²) in [5.74, 6) is 0.985. The first-order valence-corrected chi connectivity index (χ1v) is 13.6. The Morgan fingerprint density at radius 1 is 1.05 bits per heavy atom. The maximum Gasteiger partial charge on any atom is 0.254 e. The predicted molar refractivity (Wildman–Crippen MR) is 154 cm³/mol. The van der Waals surface area contributed by atoms with Crippen LogP contribution in [0.15, 0.2) is 48.9 Å². The number of fused-ring (bicyclic) bond motifs is 4. The van der Waals surface area contributed by atoms with Gasteiger partial charge < -0.3 is 25.3 Å². The Kier molecular flexibility index (Phi) is 6.13. The van der Waals surface area contributed by atoms with Crippen molar-refractivity contribution >= 4 is 39.3 Å². The zero-order valence-corrected chi connectivity index (χ0v) is 22.5. The number of benzene rings is 1. The molecule has 2 aliphatic heterocycles. The van der Waals surface area contributed by atoms with Crippen molar-refractivity contribution in [3.8, 4) is 11.4 Å². The number of pyridine rings is 2. The van der Waals surface area contributed by atoms with Crippen molar-refractivity contribution in [3.05, 3.63) is 71.3 Å². The van der Waals surface area contributed by atoms with Gasteiger partial charge in [-0.15, -0.1) is 0 Å². The number of hydrogen-bond acceptors (Lipinski definition) is 8. The molecule has 3 N–H and O–H groups in total. The second-order valence-electron chi connectivity index (χ2n) is 10.7. The monoisotopic (exact) mass is 534 g/mol. The summed E-state index contributed by atoms with van der Waals surface area (Å²) in [6.45, 7) is 2.67. The molecule has 1 fully saturated rings. The second-order valence-corrected chi connectivity index (χ2v) is 10.7. The predicted octanol–water partition coefficient (Wildman–Crippen LogP) is 4.51. The van der Waals surface area contributed by atoms with Crippen molar-refractivity contribution in [2.45, 2.75) is 31.8 Å². The van der Waals surface area contributed by atoms with Crippen molar-refractivity contribution in [1.82, 2.24) is 35.1 Å². The SMILES string of the molecule is CN(C)Cc1nc(Nc2cnc(-c3ncnc4[nH]c5ccccc5c34)c3c2C(=O)NC3)ccc1C1CCOCC1. The smallest absolute Gasteiger partial charge is 0.254 e. The summed E-state index contributed by atoms with van der Waals surface area (Å²) in [7, 11) is 4.10. The summed E-state index contributed by atoms with van der Waals surface area (Å²) < 4.78 is 5.58. The van der Waals surface area contributed by atoms with Gasteiger partial charge in [-0.3, -0.25) is 9.78 Å². The van der Waals surface area contributed by atoms with Gasteiger partial charge in [-0.2, -0.15) is 0 Å². The molecular formula is C30H30N8O2. The van der Waals surface area contributed by atoms with E-state index >= 15 is 0 Å². The number of ether oxygens (including phenoxy) is 1. The highest BCUT2D eigenvalue weighted by Crippen LogP contribution is 2.37. The molecule has 7 rings (SSSR count). The van der Waals surface area contributed by atoms with Gasteiger partial charge in [0.25, 0.3) is 5.91 Å². The van der Waals surface area contributed by atoms with E-state index in [-0.39, 0.29) is 5.91 Å². The highest BCUT2D eigenvalue weighted by Gasteiger charge is 2.29. The summed E-state index contributed by atoms with van der Waals surface area (Å²) >= 11 is 0. The van der Waals surface area contributed by atoms with Gasteiger partial charge in [0.05, 0.1) is 34.2 Å². The summed E-state index contributed by atoms with van der Waals surface area (Å²) in [5, 5.41) is 8.30. The molecular weight excluding hydrogens is 504 g/mol. The Morgan fingerprint density at radius 2 is 1.90 bits per heavy atom. The van der Waals surface area contributed by atoms with E-state index in [1.54, 1.807) is 6.20 Å². The van der Waals surface area contributed by atoms with Gasteiger partial charge in [0.15, 0.2) is 0 Å². The number of amides is 1.